The van der Waals surface area contributed by atoms with Gasteiger partial charge in [-0.3, -0.25) is 0 Å². The van der Waals surface area contributed by atoms with Crippen LogP contribution in [-0.2, 0) is 16.6 Å². The molecule has 3 aliphatic carbocycles. The quantitative estimate of drug-likeness (QED) is 0.512. The lowest BCUT2D eigenvalue weighted by atomic mass is 9.43. The largest absolute Gasteiger partial charge is 0.425 e. The van der Waals surface area contributed by atoms with E-state index in [-0.39, 0.29) is 11.4 Å². The zero-order chi connectivity index (χ0) is 22.6. The van der Waals surface area contributed by atoms with Crippen LogP contribution in [0.25, 0.3) is 0 Å². The third-order valence-corrected chi connectivity index (χ3v) is 9.42. The van der Waals surface area contributed by atoms with Crippen molar-refractivity contribution in [2.75, 3.05) is 6.54 Å². The summed E-state index contributed by atoms with van der Waals surface area (Å²) in [7, 11) is 0. The predicted octanol–water partition coefficient (Wildman–Crippen LogP) is 5.02. The van der Waals surface area contributed by atoms with E-state index in [0.29, 0.717) is 35.5 Å². The molecular weight excluding hydrogens is 384 g/mol. The number of benzene rings is 1. The van der Waals surface area contributed by atoms with Crippen molar-refractivity contribution < 1.29 is 9.53 Å². The first-order valence-electron chi connectivity index (χ1n) is 12.3. The summed E-state index contributed by atoms with van der Waals surface area (Å²) in [5, 5.41) is 0. The first-order valence-corrected chi connectivity index (χ1v) is 12.3. The first kappa shape index (κ1) is 22.8. The van der Waals surface area contributed by atoms with E-state index in [4.69, 9.17) is 16.2 Å². The summed E-state index contributed by atoms with van der Waals surface area (Å²) in [5.74, 6) is 1.75. The van der Waals surface area contributed by atoms with Crippen molar-refractivity contribution in [3.8, 4) is 5.75 Å². The minimum Gasteiger partial charge on any atom is -0.425 e. The van der Waals surface area contributed by atoms with Gasteiger partial charge in [-0.25, -0.2) is 4.79 Å². The fourth-order valence-corrected chi connectivity index (χ4v) is 8.14. The molecule has 0 bridgehead atoms. The molecule has 0 spiro atoms. The standard InChI is InChI=1S/C27H42N2O2/c1-17-14-19(31-24(30)20(29)8-6-13-28)15-18-16-22-26(4)11-7-10-25(2,3)21(26)9-12-27(22,5)23(17)18/h14-15,20-22H,6-13,16,28-29H2,1-5H3/t20?,21-,22-,26?,27?/m0/s1. The normalized spacial score (nSPS) is 34.4. The molecule has 2 saturated carbocycles. The molecule has 4 N–H and O–H groups in total. The highest BCUT2D eigenvalue weighted by Gasteiger charge is 2.61. The van der Waals surface area contributed by atoms with Crippen molar-refractivity contribution in [2.45, 2.75) is 97.4 Å². The molecule has 1 aromatic rings. The van der Waals surface area contributed by atoms with Gasteiger partial charge in [0.05, 0.1) is 0 Å². The van der Waals surface area contributed by atoms with E-state index in [0.717, 1.165) is 18.8 Å². The van der Waals surface area contributed by atoms with E-state index in [9.17, 15) is 4.79 Å². The Labute approximate surface area is 188 Å². The second kappa shape index (κ2) is 7.88. The number of ether oxygens (including phenoxy) is 1. The third kappa shape index (κ3) is 3.64. The van der Waals surface area contributed by atoms with E-state index >= 15 is 0 Å². The Morgan fingerprint density at radius 3 is 2.61 bits per heavy atom. The number of carbonyl (C=O) groups is 1. The second-order valence-corrected chi connectivity index (χ2v) is 11.8. The maximum atomic E-state index is 12.5. The first-order chi connectivity index (χ1) is 14.5. The minimum atomic E-state index is -0.610. The van der Waals surface area contributed by atoms with Crippen LogP contribution in [0.3, 0.4) is 0 Å². The Morgan fingerprint density at radius 2 is 1.90 bits per heavy atom. The van der Waals surface area contributed by atoms with Gasteiger partial charge in [0.25, 0.3) is 0 Å². The zero-order valence-corrected chi connectivity index (χ0v) is 20.2. The molecule has 5 atom stereocenters. The molecule has 0 aliphatic heterocycles. The van der Waals surface area contributed by atoms with Gasteiger partial charge in [0.2, 0.25) is 0 Å². The van der Waals surface area contributed by atoms with E-state index in [1.807, 2.05) is 0 Å². The van der Waals surface area contributed by atoms with Crippen LogP contribution in [0.1, 0.15) is 89.3 Å². The number of nitrogens with two attached hydrogens (primary N) is 2. The summed E-state index contributed by atoms with van der Waals surface area (Å²) in [6.07, 6.45) is 9.01. The molecule has 0 aromatic heterocycles. The molecule has 1 aromatic carbocycles. The summed E-state index contributed by atoms with van der Waals surface area (Å²) in [5.41, 5.74) is 16.7. The Bertz CT molecular complexity index is 863. The van der Waals surface area contributed by atoms with Crippen molar-refractivity contribution in [3.63, 3.8) is 0 Å². The van der Waals surface area contributed by atoms with Crippen LogP contribution in [0.4, 0.5) is 0 Å². The van der Waals surface area contributed by atoms with Gasteiger partial charge in [-0.15, -0.1) is 0 Å². The van der Waals surface area contributed by atoms with Crippen molar-refractivity contribution >= 4 is 5.97 Å². The fraction of sp³-hybridized carbons (Fsp3) is 0.741. The highest BCUT2D eigenvalue weighted by atomic mass is 16.5. The fourth-order valence-electron chi connectivity index (χ4n) is 8.14. The molecule has 4 rings (SSSR count). The number of aryl methyl sites for hydroxylation is 1. The lowest BCUT2D eigenvalue weighted by molar-refractivity contribution is -0.136. The molecule has 0 heterocycles. The van der Waals surface area contributed by atoms with Gasteiger partial charge in [-0.1, -0.05) is 34.1 Å². The number of carbonyl (C=O) groups excluding carboxylic acids is 1. The molecular formula is C27H42N2O2. The van der Waals surface area contributed by atoms with E-state index in [1.165, 1.54) is 48.8 Å². The summed E-state index contributed by atoms with van der Waals surface area (Å²) in [4.78, 5) is 12.5. The Hall–Kier alpha value is -1.39. The summed E-state index contributed by atoms with van der Waals surface area (Å²) in [6.45, 7) is 12.8. The molecule has 31 heavy (non-hydrogen) atoms. The summed E-state index contributed by atoms with van der Waals surface area (Å²) >= 11 is 0. The van der Waals surface area contributed by atoms with Crippen LogP contribution in [0.5, 0.6) is 5.75 Å². The van der Waals surface area contributed by atoms with E-state index in [1.54, 1.807) is 0 Å². The number of hydrogen-bond donors (Lipinski definition) is 2. The molecule has 3 aliphatic rings. The zero-order valence-electron chi connectivity index (χ0n) is 20.2. The van der Waals surface area contributed by atoms with Crippen molar-refractivity contribution in [2.24, 2.45) is 34.1 Å². The van der Waals surface area contributed by atoms with Crippen LogP contribution >= 0.6 is 0 Å². The van der Waals surface area contributed by atoms with Gasteiger partial charge in [-0.2, -0.15) is 0 Å². The molecule has 0 amide bonds. The van der Waals surface area contributed by atoms with Crippen molar-refractivity contribution in [1.82, 2.24) is 0 Å². The minimum absolute atomic E-state index is 0.220. The smallest absolute Gasteiger partial charge is 0.328 e. The monoisotopic (exact) mass is 426 g/mol. The molecule has 0 saturated heterocycles. The summed E-state index contributed by atoms with van der Waals surface area (Å²) in [6, 6.07) is 3.58. The third-order valence-electron chi connectivity index (χ3n) is 9.42. The van der Waals surface area contributed by atoms with Crippen LogP contribution < -0.4 is 16.2 Å². The van der Waals surface area contributed by atoms with E-state index in [2.05, 4.69) is 46.8 Å². The van der Waals surface area contributed by atoms with Crippen molar-refractivity contribution in [1.29, 1.82) is 0 Å². The second-order valence-electron chi connectivity index (χ2n) is 11.8. The topological polar surface area (TPSA) is 78.3 Å². The average Bonchev–Trinajstić information content (AvgIpc) is 2.99. The number of rotatable bonds is 5. The van der Waals surface area contributed by atoms with Crippen LogP contribution in [0.15, 0.2) is 12.1 Å². The summed E-state index contributed by atoms with van der Waals surface area (Å²) < 4.78 is 5.73. The lowest BCUT2D eigenvalue weighted by Crippen LogP contribution is -2.55. The highest BCUT2D eigenvalue weighted by molar-refractivity contribution is 5.78. The molecule has 0 radical (unpaired) electrons. The number of fused-ring (bicyclic) bond motifs is 5. The van der Waals surface area contributed by atoms with Crippen LogP contribution in [-0.4, -0.2) is 18.6 Å². The lowest BCUT2D eigenvalue weighted by Gasteiger charge is -2.61. The maximum absolute atomic E-state index is 12.5. The van der Waals surface area contributed by atoms with Crippen LogP contribution in [0, 0.1) is 29.6 Å². The molecule has 4 nitrogen and oxygen atoms in total. The number of hydrogen-bond acceptors (Lipinski definition) is 4. The van der Waals surface area contributed by atoms with Gasteiger partial charge in [0, 0.05) is 0 Å². The Kier molecular flexibility index (Phi) is 5.79. The van der Waals surface area contributed by atoms with Gasteiger partial charge in [0.1, 0.15) is 11.8 Å². The van der Waals surface area contributed by atoms with Gasteiger partial charge < -0.3 is 16.2 Å². The Morgan fingerprint density at radius 1 is 1.16 bits per heavy atom. The Balaban J connectivity index is 1.63. The molecule has 4 heteroatoms. The number of esters is 1. The molecule has 172 valence electrons. The van der Waals surface area contributed by atoms with Gasteiger partial charge in [-0.05, 0) is 115 Å². The SMILES string of the molecule is Cc1cc(OC(=O)C(N)CCCN)cc2c1C1(C)CC[C@H]3C(C)(C)CCCC3(C)[C@@H]1C2. The predicted molar refractivity (Wildman–Crippen MR) is 126 cm³/mol. The van der Waals surface area contributed by atoms with Crippen molar-refractivity contribution in [3.05, 3.63) is 28.8 Å². The average molecular weight is 427 g/mol. The van der Waals surface area contributed by atoms with Gasteiger partial charge in [0.15, 0.2) is 0 Å². The van der Waals surface area contributed by atoms with E-state index < -0.39 is 6.04 Å². The maximum Gasteiger partial charge on any atom is 0.328 e. The highest BCUT2D eigenvalue weighted by Crippen LogP contribution is 2.67. The van der Waals surface area contributed by atoms with Crippen LogP contribution in [0.2, 0.25) is 0 Å². The van der Waals surface area contributed by atoms with Gasteiger partial charge >= 0.3 is 5.97 Å². The molecule has 3 unspecified atom stereocenters. The molecule has 2 fully saturated rings.